The van der Waals surface area contributed by atoms with Crippen molar-refractivity contribution in [2.45, 2.75) is 20.8 Å². The van der Waals surface area contributed by atoms with Crippen LogP contribution in [0.1, 0.15) is 25.4 Å². The molecule has 0 spiro atoms. The molecule has 164 valence electrons. The van der Waals surface area contributed by atoms with Gasteiger partial charge in [0.25, 0.3) is 0 Å². The Kier molecular flexibility index (Phi) is 7.02. The number of aryl methyl sites for hydroxylation is 1. The number of aromatic nitrogens is 1. The number of thiazole rings is 1. The van der Waals surface area contributed by atoms with Gasteiger partial charge in [-0.25, -0.2) is 4.68 Å². The van der Waals surface area contributed by atoms with E-state index in [9.17, 15) is 0 Å². The number of methoxy groups -OCH3 is 3. The molecule has 3 aromatic rings. The van der Waals surface area contributed by atoms with Gasteiger partial charge in [0.05, 0.1) is 33.6 Å². The summed E-state index contributed by atoms with van der Waals surface area (Å²) in [6.45, 7) is 10.2. The minimum atomic E-state index is 0.517. The van der Waals surface area contributed by atoms with E-state index in [1.54, 1.807) is 21.3 Å². The third-order valence-corrected chi connectivity index (χ3v) is 5.33. The summed E-state index contributed by atoms with van der Waals surface area (Å²) < 4.78 is 24.0. The van der Waals surface area contributed by atoms with Crippen molar-refractivity contribution in [3.05, 3.63) is 58.1 Å². The highest BCUT2D eigenvalue weighted by Gasteiger charge is 2.17. The van der Waals surface area contributed by atoms with Crippen LogP contribution in [-0.2, 0) is 0 Å². The molecular formula is C23H27N3O4S. The monoisotopic (exact) mass is 441 g/mol. The van der Waals surface area contributed by atoms with E-state index in [4.69, 9.17) is 23.7 Å². The molecule has 3 rings (SSSR count). The molecule has 2 aromatic heterocycles. The van der Waals surface area contributed by atoms with E-state index < -0.39 is 0 Å². The minimum absolute atomic E-state index is 0.517. The zero-order chi connectivity index (χ0) is 22.5. The maximum absolute atomic E-state index is 5.74. The van der Waals surface area contributed by atoms with Crippen LogP contribution in [0, 0.1) is 6.92 Å². The van der Waals surface area contributed by atoms with Crippen LogP contribution in [0.15, 0.2) is 56.3 Å². The number of hydrogen-bond acceptors (Lipinski definition) is 7. The van der Waals surface area contributed by atoms with Crippen LogP contribution in [0.5, 0.6) is 17.2 Å². The molecule has 8 heteroatoms. The van der Waals surface area contributed by atoms with Gasteiger partial charge in [0.15, 0.2) is 11.5 Å². The zero-order valence-corrected chi connectivity index (χ0v) is 19.5. The van der Waals surface area contributed by atoms with E-state index >= 15 is 0 Å². The predicted molar refractivity (Wildman–Crippen MR) is 124 cm³/mol. The number of benzene rings is 1. The summed E-state index contributed by atoms with van der Waals surface area (Å²) in [6, 6.07) is 7.61. The lowest BCUT2D eigenvalue weighted by Gasteiger charge is -2.14. The predicted octanol–water partition coefficient (Wildman–Crippen LogP) is 4.89. The molecule has 0 bridgehead atoms. The summed E-state index contributed by atoms with van der Waals surface area (Å²) >= 11 is 1.50. The van der Waals surface area contributed by atoms with Crippen LogP contribution < -0.4 is 19.0 Å². The van der Waals surface area contributed by atoms with E-state index in [1.807, 2.05) is 55.1 Å². The van der Waals surface area contributed by atoms with Crippen LogP contribution in [0.3, 0.4) is 0 Å². The molecule has 0 radical (unpaired) electrons. The van der Waals surface area contributed by atoms with Crippen LogP contribution in [0.2, 0.25) is 0 Å². The fourth-order valence-electron chi connectivity index (χ4n) is 2.96. The number of ether oxygens (including phenoxy) is 3. The van der Waals surface area contributed by atoms with Crippen molar-refractivity contribution in [2.75, 3.05) is 27.9 Å². The Balaban J connectivity index is 2.22. The Morgan fingerprint density at radius 2 is 1.77 bits per heavy atom. The first-order valence-electron chi connectivity index (χ1n) is 9.66. The highest BCUT2D eigenvalue weighted by Crippen LogP contribution is 2.41. The van der Waals surface area contributed by atoms with E-state index in [1.165, 1.54) is 11.3 Å². The van der Waals surface area contributed by atoms with Gasteiger partial charge in [0.1, 0.15) is 17.2 Å². The Bertz CT molecular complexity index is 1160. The van der Waals surface area contributed by atoms with Crippen molar-refractivity contribution in [1.82, 2.24) is 4.68 Å². The molecule has 0 N–H and O–H groups in total. The van der Waals surface area contributed by atoms with Crippen molar-refractivity contribution < 1.29 is 18.6 Å². The van der Waals surface area contributed by atoms with Gasteiger partial charge in [-0.1, -0.05) is 12.2 Å². The van der Waals surface area contributed by atoms with Crippen LogP contribution in [0.25, 0.3) is 11.3 Å². The first-order chi connectivity index (χ1) is 14.9. The summed E-state index contributed by atoms with van der Waals surface area (Å²) in [6.07, 6.45) is 0. The number of nitrogens with zero attached hydrogens (tertiary/aromatic N) is 3. The smallest absolute Gasteiger partial charge is 0.206 e. The molecule has 31 heavy (non-hydrogen) atoms. The van der Waals surface area contributed by atoms with E-state index in [0.717, 1.165) is 33.1 Å². The Morgan fingerprint density at radius 3 is 2.29 bits per heavy atom. The molecule has 0 saturated carbocycles. The maximum Gasteiger partial charge on any atom is 0.206 e. The topological polar surface area (TPSA) is 70.5 Å². The van der Waals surface area contributed by atoms with Crippen molar-refractivity contribution in [3.8, 4) is 28.5 Å². The largest absolute Gasteiger partial charge is 0.493 e. The first kappa shape index (κ1) is 22.4. The number of rotatable bonds is 8. The normalized spacial score (nSPS) is 12.2. The lowest BCUT2D eigenvalue weighted by atomic mass is 10.1. The number of furan rings is 1. The van der Waals surface area contributed by atoms with Crippen molar-refractivity contribution in [3.63, 3.8) is 0 Å². The molecule has 0 amide bonds. The van der Waals surface area contributed by atoms with Gasteiger partial charge in [0.2, 0.25) is 10.6 Å². The highest BCUT2D eigenvalue weighted by molar-refractivity contribution is 7.07. The van der Waals surface area contributed by atoms with E-state index in [0.29, 0.717) is 29.6 Å². The Labute approximate surface area is 185 Å². The first-order valence-corrected chi connectivity index (χ1v) is 10.5. The quantitative estimate of drug-likeness (QED) is 0.368. The van der Waals surface area contributed by atoms with Crippen LogP contribution in [-0.4, -0.2) is 38.3 Å². The fourth-order valence-corrected chi connectivity index (χ4v) is 3.79. The van der Waals surface area contributed by atoms with Gasteiger partial charge < -0.3 is 18.6 Å². The summed E-state index contributed by atoms with van der Waals surface area (Å²) in [5.41, 5.74) is 3.40. The van der Waals surface area contributed by atoms with Gasteiger partial charge >= 0.3 is 0 Å². The Hall–Kier alpha value is -3.26. The Morgan fingerprint density at radius 1 is 1.10 bits per heavy atom. The highest BCUT2D eigenvalue weighted by atomic mass is 32.1. The molecule has 7 nitrogen and oxygen atoms in total. The van der Waals surface area contributed by atoms with Crippen molar-refractivity contribution >= 4 is 17.0 Å². The van der Waals surface area contributed by atoms with Gasteiger partial charge in [-0.2, -0.15) is 5.10 Å². The lowest BCUT2D eigenvalue weighted by molar-refractivity contribution is 0.324. The molecular weight excluding hydrogens is 414 g/mol. The van der Waals surface area contributed by atoms with E-state index in [-0.39, 0.29) is 0 Å². The zero-order valence-electron chi connectivity index (χ0n) is 18.7. The third-order valence-electron chi connectivity index (χ3n) is 4.48. The molecule has 0 aliphatic heterocycles. The average molecular weight is 442 g/mol. The SMILES string of the molecule is C=C(C)CN=c1scc(-c2cc(OC)c(OC)c(OC)c2)n1N=C(C)c1ccc(C)o1. The minimum Gasteiger partial charge on any atom is -0.493 e. The van der Waals surface area contributed by atoms with Gasteiger partial charge in [0, 0.05) is 10.9 Å². The molecule has 0 saturated heterocycles. The van der Waals surface area contributed by atoms with E-state index in [2.05, 4.69) is 11.6 Å². The van der Waals surface area contributed by atoms with Crippen LogP contribution >= 0.6 is 11.3 Å². The molecule has 0 aliphatic carbocycles. The van der Waals surface area contributed by atoms with Gasteiger partial charge in [-0.15, -0.1) is 11.3 Å². The summed E-state index contributed by atoms with van der Waals surface area (Å²) in [4.78, 5) is 5.42. The average Bonchev–Trinajstić information content (AvgIpc) is 3.37. The van der Waals surface area contributed by atoms with Gasteiger partial charge in [-0.05, 0) is 45.0 Å². The molecule has 0 aliphatic rings. The fraction of sp³-hybridized carbons (Fsp3) is 0.304. The van der Waals surface area contributed by atoms with Gasteiger partial charge in [-0.3, -0.25) is 4.99 Å². The second-order valence-electron chi connectivity index (χ2n) is 7.00. The standard InChI is InChI=1S/C23H27N3O4S/c1-14(2)12-24-23-26(25-16(4)19-9-8-15(3)30-19)18(13-31-23)17-10-20(27-5)22(29-7)21(11-17)28-6/h8-11,13H,1,12H2,2-7H3. The molecule has 1 aromatic carbocycles. The maximum atomic E-state index is 5.74. The molecule has 0 atom stereocenters. The molecule has 0 fully saturated rings. The van der Waals surface area contributed by atoms with Crippen LogP contribution in [0.4, 0.5) is 0 Å². The van der Waals surface area contributed by atoms with Crippen molar-refractivity contribution in [1.29, 1.82) is 0 Å². The molecule has 2 heterocycles. The second-order valence-corrected chi connectivity index (χ2v) is 7.83. The third kappa shape index (κ3) is 4.91. The number of hydrogen-bond donors (Lipinski definition) is 0. The second kappa shape index (κ2) is 9.70. The molecule has 0 unspecified atom stereocenters. The summed E-state index contributed by atoms with van der Waals surface area (Å²) in [7, 11) is 4.77. The van der Waals surface area contributed by atoms with Crippen molar-refractivity contribution in [2.24, 2.45) is 10.1 Å². The summed E-state index contributed by atoms with van der Waals surface area (Å²) in [5, 5.41) is 6.83. The summed E-state index contributed by atoms with van der Waals surface area (Å²) in [5.74, 6) is 3.21. The lowest BCUT2D eigenvalue weighted by Crippen LogP contribution is -2.15.